The van der Waals surface area contributed by atoms with Crippen molar-refractivity contribution in [1.82, 2.24) is 10.3 Å². The number of aromatic nitrogens is 1. The predicted octanol–water partition coefficient (Wildman–Crippen LogP) is 4.68. The molecule has 3 rings (SSSR count). The van der Waals surface area contributed by atoms with Crippen LogP contribution in [0.2, 0.25) is 5.02 Å². The van der Waals surface area contributed by atoms with Crippen molar-refractivity contribution in [1.29, 1.82) is 0 Å². The number of amides is 1. The highest BCUT2D eigenvalue weighted by molar-refractivity contribution is 6.30. The summed E-state index contributed by atoms with van der Waals surface area (Å²) in [5, 5.41) is 3.07. The topological polar surface area (TPSA) is 42.0 Å². The molecule has 1 aromatic heterocycles. The maximum Gasteiger partial charge on any atom is 0.416 e. The number of nitrogens with zero attached hydrogens (tertiary/aromatic N) is 1. The zero-order valence-corrected chi connectivity index (χ0v) is 14.5. The highest BCUT2D eigenvalue weighted by Gasteiger charge is 2.40. The second kappa shape index (κ2) is 6.54. The summed E-state index contributed by atoms with van der Waals surface area (Å²) in [6.45, 7) is 1.50. The maximum atomic E-state index is 13.9. The molecule has 1 N–H and O–H groups in total. The van der Waals surface area contributed by atoms with Crippen LogP contribution in [0.25, 0.3) is 0 Å². The summed E-state index contributed by atoms with van der Waals surface area (Å²) in [4.78, 5) is 16.5. The Morgan fingerprint density at radius 1 is 1.19 bits per heavy atom. The Kier molecular flexibility index (Phi) is 4.69. The van der Waals surface area contributed by atoms with Gasteiger partial charge in [0.25, 0.3) is 0 Å². The van der Waals surface area contributed by atoms with Gasteiger partial charge in [-0.1, -0.05) is 11.6 Å². The van der Waals surface area contributed by atoms with Gasteiger partial charge in [-0.25, -0.2) is 4.39 Å². The highest BCUT2D eigenvalue weighted by atomic mass is 35.5. The van der Waals surface area contributed by atoms with Crippen molar-refractivity contribution >= 4 is 17.5 Å². The number of hydrogen-bond donors (Lipinski definition) is 1. The van der Waals surface area contributed by atoms with Gasteiger partial charge in [0, 0.05) is 12.1 Å². The van der Waals surface area contributed by atoms with Gasteiger partial charge in [-0.3, -0.25) is 9.78 Å². The number of rotatable bonds is 4. The van der Waals surface area contributed by atoms with Crippen molar-refractivity contribution in [3.8, 4) is 0 Å². The Balaban J connectivity index is 2.12. The van der Waals surface area contributed by atoms with Crippen molar-refractivity contribution in [2.24, 2.45) is 5.92 Å². The van der Waals surface area contributed by atoms with Gasteiger partial charge in [0.05, 0.1) is 16.3 Å². The van der Waals surface area contributed by atoms with E-state index in [4.69, 9.17) is 11.6 Å². The predicted molar refractivity (Wildman–Crippen MR) is 88.0 cm³/mol. The number of carbonyl (C=O) groups is 1. The van der Waals surface area contributed by atoms with E-state index in [1.807, 2.05) is 0 Å². The molecule has 138 valence electrons. The molecule has 26 heavy (non-hydrogen) atoms. The third kappa shape index (κ3) is 3.82. The van der Waals surface area contributed by atoms with E-state index in [2.05, 4.69) is 10.3 Å². The van der Waals surface area contributed by atoms with Crippen molar-refractivity contribution in [2.75, 3.05) is 0 Å². The van der Waals surface area contributed by atoms with Gasteiger partial charge in [0.15, 0.2) is 0 Å². The van der Waals surface area contributed by atoms with E-state index >= 15 is 0 Å². The van der Waals surface area contributed by atoms with E-state index in [1.165, 1.54) is 25.3 Å². The lowest BCUT2D eigenvalue weighted by Gasteiger charge is -2.32. The van der Waals surface area contributed by atoms with Crippen LogP contribution < -0.4 is 5.32 Å². The first-order valence-electron chi connectivity index (χ1n) is 7.92. The fourth-order valence-electron chi connectivity index (χ4n) is 2.69. The Morgan fingerprint density at radius 2 is 1.85 bits per heavy atom. The molecule has 1 unspecified atom stereocenters. The van der Waals surface area contributed by atoms with Crippen molar-refractivity contribution in [2.45, 2.75) is 31.5 Å². The zero-order chi connectivity index (χ0) is 19.1. The molecule has 1 amide bonds. The quantitative estimate of drug-likeness (QED) is 0.775. The van der Waals surface area contributed by atoms with Crippen LogP contribution in [-0.2, 0) is 16.5 Å². The van der Waals surface area contributed by atoms with Gasteiger partial charge in [0.1, 0.15) is 11.4 Å². The second-order valence-electron chi connectivity index (χ2n) is 6.48. The average molecular weight is 387 g/mol. The van der Waals surface area contributed by atoms with Crippen LogP contribution in [0.3, 0.4) is 0 Å². The summed E-state index contributed by atoms with van der Waals surface area (Å²) in [5.41, 5.74) is -2.36. The average Bonchev–Trinajstić information content (AvgIpc) is 3.39. The van der Waals surface area contributed by atoms with E-state index in [-0.39, 0.29) is 23.1 Å². The largest absolute Gasteiger partial charge is 0.416 e. The molecule has 0 spiro atoms. The number of nitrogens with one attached hydrogen (secondary N) is 1. The van der Waals surface area contributed by atoms with Crippen LogP contribution in [0.5, 0.6) is 0 Å². The van der Waals surface area contributed by atoms with Gasteiger partial charge >= 0.3 is 6.18 Å². The van der Waals surface area contributed by atoms with E-state index < -0.39 is 23.1 Å². The highest BCUT2D eigenvalue weighted by Crippen LogP contribution is 2.37. The van der Waals surface area contributed by atoms with Crippen LogP contribution in [0.15, 0.2) is 36.5 Å². The summed E-state index contributed by atoms with van der Waals surface area (Å²) in [7, 11) is 0. The minimum absolute atomic E-state index is 0.0475. The first kappa shape index (κ1) is 18.6. The molecule has 1 aliphatic carbocycles. The molecular formula is C18H15ClF4N2O. The third-order valence-electron chi connectivity index (χ3n) is 4.36. The molecule has 0 bridgehead atoms. The number of pyridine rings is 1. The Labute approximate surface area is 152 Å². The summed E-state index contributed by atoms with van der Waals surface area (Å²) in [5.74, 6) is -1.53. The molecule has 1 atom stereocenters. The minimum Gasteiger partial charge on any atom is -0.341 e. The van der Waals surface area contributed by atoms with E-state index in [9.17, 15) is 22.4 Å². The molecule has 8 heteroatoms. The lowest BCUT2D eigenvalue weighted by atomic mass is 9.86. The lowest BCUT2D eigenvalue weighted by molar-refractivity contribution is -0.137. The molecule has 1 saturated carbocycles. The fourth-order valence-corrected chi connectivity index (χ4v) is 2.80. The van der Waals surface area contributed by atoms with Gasteiger partial charge in [-0.2, -0.15) is 13.2 Å². The first-order chi connectivity index (χ1) is 12.1. The minimum atomic E-state index is -4.72. The van der Waals surface area contributed by atoms with Crippen molar-refractivity contribution < 1.29 is 22.4 Å². The number of halogens is 5. The zero-order valence-electron chi connectivity index (χ0n) is 13.7. The number of carbonyl (C=O) groups excluding carboxylic acids is 1. The molecule has 0 saturated heterocycles. The Hall–Kier alpha value is -2.15. The molecular weight excluding hydrogens is 372 g/mol. The lowest BCUT2D eigenvalue weighted by Crippen LogP contribution is -2.46. The standard InChI is InChI=1S/C18H15ClF4N2O/c1-17(25-16(26)10-2-3-10,15-5-4-13(19)9-24-15)11-6-12(18(21,22)23)8-14(20)7-11/h4-10H,2-3H2,1H3,(H,25,26). The monoisotopic (exact) mass is 386 g/mol. The van der Waals surface area contributed by atoms with E-state index in [1.54, 1.807) is 0 Å². The number of alkyl halides is 3. The summed E-state index contributed by atoms with van der Waals surface area (Å²) in [6, 6.07) is 5.22. The molecule has 1 aromatic carbocycles. The molecule has 1 heterocycles. The smallest absolute Gasteiger partial charge is 0.341 e. The SMILES string of the molecule is CC(NC(=O)C1CC1)(c1cc(F)cc(C(F)(F)F)c1)c1ccc(Cl)cn1. The normalized spacial score (nSPS) is 16.8. The van der Waals surface area contributed by atoms with Crippen LogP contribution >= 0.6 is 11.6 Å². The third-order valence-corrected chi connectivity index (χ3v) is 4.59. The van der Waals surface area contributed by atoms with Gasteiger partial charge in [-0.15, -0.1) is 0 Å². The summed E-state index contributed by atoms with van der Waals surface area (Å²) >= 11 is 5.83. The van der Waals surface area contributed by atoms with Crippen LogP contribution in [0.4, 0.5) is 17.6 Å². The molecule has 2 aromatic rings. The summed E-state index contributed by atoms with van der Waals surface area (Å²) < 4.78 is 53.2. The number of hydrogen-bond acceptors (Lipinski definition) is 2. The van der Waals surface area contributed by atoms with Crippen molar-refractivity contribution in [3.05, 3.63) is 64.2 Å². The molecule has 0 radical (unpaired) electrons. The molecule has 3 nitrogen and oxygen atoms in total. The van der Waals surface area contributed by atoms with Gasteiger partial charge in [-0.05, 0) is 55.7 Å². The maximum absolute atomic E-state index is 13.9. The van der Waals surface area contributed by atoms with Crippen LogP contribution in [-0.4, -0.2) is 10.9 Å². The van der Waals surface area contributed by atoms with Crippen LogP contribution in [0, 0.1) is 11.7 Å². The van der Waals surface area contributed by atoms with Gasteiger partial charge < -0.3 is 5.32 Å². The van der Waals surface area contributed by atoms with Crippen LogP contribution in [0.1, 0.15) is 36.6 Å². The second-order valence-corrected chi connectivity index (χ2v) is 6.91. The van der Waals surface area contributed by atoms with Gasteiger partial charge in [0.2, 0.25) is 5.91 Å². The van der Waals surface area contributed by atoms with E-state index in [0.29, 0.717) is 23.9 Å². The fraction of sp³-hybridized carbons (Fsp3) is 0.333. The number of benzene rings is 1. The molecule has 0 aliphatic heterocycles. The Morgan fingerprint density at radius 3 is 2.38 bits per heavy atom. The molecule has 1 aliphatic rings. The summed E-state index contributed by atoms with van der Waals surface area (Å²) in [6.07, 6.45) is -1.96. The first-order valence-corrected chi connectivity index (χ1v) is 8.30. The van der Waals surface area contributed by atoms with E-state index in [0.717, 1.165) is 12.1 Å². The van der Waals surface area contributed by atoms with Crippen molar-refractivity contribution in [3.63, 3.8) is 0 Å². The molecule has 1 fully saturated rings. The Bertz CT molecular complexity index is 834.